The quantitative estimate of drug-likeness (QED) is 0.745. The monoisotopic (exact) mass is 364 g/mol. The normalized spacial score (nSPS) is 25.5. The van der Waals surface area contributed by atoms with Crippen LogP contribution >= 0.6 is 0 Å². The Kier molecular flexibility index (Phi) is 6.39. The van der Waals surface area contributed by atoms with E-state index in [2.05, 4.69) is 14.9 Å². The molecule has 3 heterocycles. The number of amides is 1. The molecule has 8 nitrogen and oxygen atoms in total. The fourth-order valence-electron chi connectivity index (χ4n) is 3.68. The summed E-state index contributed by atoms with van der Waals surface area (Å²) in [6.45, 7) is 3.66. The third kappa shape index (κ3) is 4.69. The number of piperidine rings is 2. The molecule has 1 aromatic heterocycles. The molecule has 3 rings (SSSR count). The van der Waals surface area contributed by atoms with Crippen LogP contribution in [0.25, 0.3) is 0 Å². The van der Waals surface area contributed by atoms with Crippen LogP contribution in [0.4, 0.5) is 0 Å². The summed E-state index contributed by atoms with van der Waals surface area (Å²) in [6.07, 6.45) is 6.39. The molecule has 0 radical (unpaired) electrons. The Morgan fingerprint density at radius 3 is 2.69 bits per heavy atom. The van der Waals surface area contributed by atoms with Gasteiger partial charge in [0, 0.05) is 52.2 Å². The molecule has 0 aromatic carbocycles. The summed E-state index contributed by atoms with van der Waals surface area (Å²) in [5.41, 5.74) is -1.29. The summed E-state index contributed by atoms with van der Waals surface area (Å²) in [4.78, 5) is 24.7. The van der Waals surface area contributed by atoms with E-state index in [4.69, 9.17) is 9.47 Å². The highest BCUT2D eigenvalue weighted by molar-refractivity contribution is 5.86. The first kappa shape index (κ1) is 19.0. The second kappa shape index (κ2) is 8.75. The van der Waals surface area contributed by atoms with Gasteiger partial charge in [-0.05, 0) is 31.7 Å². The van der Waals surface area contributed by atoms with Gasteiger partial charge in [0.05, 0.1) is 6.61 Å². The van der Waals surface area contributed by atoms with Gasteiger partial charge in [-0.3, -0.25) is 9.69 Å². The van der Waals surface area contributed by atoms with Crippen molar-refractivity contribution >= 4 is 5.91 Å². The molecule has 0 saturated carbocycles. The number of likely N-dealkylation sites (tertiary alicyclic amines) is 2. The molecule has 0 spiro atoms. The average Bonchev–Trinajstić information content (AvgIpc) is 2.66. The van der Waals surface area contributed by atoms with Crippen molar-refractivity contribution in [2.75, 3.05) is 46.4 Å². The van der Waals surface area contributed by atoms with Gasteiger partial charge in [-0.25, -0.2) is 9.97 Å². The molecule has 2 fully saturated rings. The van der Waals surface area contributed by atoms with Gasteiger partial charge >= 0.3 is 6.01 Å². The first-order valence-corrected chi connectivity index (χ1v) is 9.27. The number of hydrogen-bond donors (Lipinski definition) is 1. The van der Waals surface area contributed by atoms with Crippen molar-refractivity contribution in [3.05, 3.63) is 18.5 Å². The predicted octanol–water partition coefficient (Wildman–Crippen LogP) is 0.320. The van der Waals surface area contributed by atoms with Crippen LogP contribution < -0.4 is 4.74 Å². The Labute approximate surface area is 154 Å². The van der Waals surface area contributed by atoms with Crippen LogP contribution in [-0.2, 0) is 9.53 Å². The topological polar surface area (TPSA) is 88.0 Å². The molecule has 0 bridgehead atoms. The zero-order valence-electron chi connectivity index (χ0n) is 15.3. The Hall–Kier alpha value is -1.77. The lowest BCUT2D eigenvalue weighted by Gasteiger charge is -2.42. The lowest BCUT2D eigenvalue weighted by atomic mass is 9.90. The van der Waals surface area contributed by atoms with Crippen molar-refractivity contribution < 1.29 is 19.4 Å². The molecule has 0 aliphatic carbocycles. The predicted molar refractivity (Wildman–Crippen MR) is 94.8 cm³/mol. The van der Waals surface area contributed by atoms with Gasteiger partial charge < -0.3 is 19.5 Å². The molecule has 2 saturated heterocycles. The summed E-state index contributed by atoms with van der Waals surface area (Å²) in [5, 5.41) is 10.9. The largest absolute Gasteiger partial charge is 0.460 e. The number of aliphatic hydroxyl groups is 1. The summed E-state index contributed by atoms with van der Waals surface area (Å²) >= 11 is 0. The van der Waals surface area contributed by atoms with E-state index in [0.29, 0.717) is 38.7 Å². The van der Waals surface area contributed by atoms with E-state index in [9.17, 15) is 9.90 Å². The fourth-order valence-corrected chi connectivity index (χ4v) is 3.68. The zero-order valence-corrected chi connectivity index (χ0v) is 15.3. The van der Waals surface area contributed by atoms with Crippen molar-refractivity contribution in [3.63, 3.8) is 0 Å². The van der Waals surface area contributed by atoms with Crippen molar-refractivity contribution in [1.82, 2.24) is 19.8 Å². The summed E-state index contributed by atoms with van der Waals surface area (Å²) < 4.78 is 10.9. The number of rotatable bonds is 7. The van der Waals surface area contributed by atoms with Crippen LogP contribution in [0.15, 0.2) is 18.5 Å². The Morgan fingerprint density at radius 2 is 2.00 bits per heavy atom. The summed E-state index contributed by atoms with van der Waals surface area (Å²) in [6, 6.07) is 2.16. The van der Waals surface area contributed by atoms with Crippen LogP contribution in [0.5, 0.6) is 6.01 Å². The lowest BCUT2D eigenvalue weighted by Crippen LogP contribution is -2.59. The number of methoxy groups -OCH3 is 1. The molecule has 1 unspecified atom stereocenters. The third-order valence-corrected chi connectivity index (χ3v) is 5.10. The zero-order chi connectivity index (χ0) is 18.4. The fraction of sp³-hybridized carbons (Fsp3) is 0.722. The standard InChI is InChI=1S/C18H28N4O4/c1-25-13-12-22-9-2-6-18(24,16(22)23)14-21-10-4-15(5-11-21)26-17-19-7-3-8-20-17/h3,7-8,15,24H,2,4-6,9-14H2,1H3. The molecule has 8 heteroatoms. The van der Waals surface area contributed by atoms with Crippen LogP contribution in [0, 0.1) is 0 Å². The number of ether oxygens (including phenoxy) is 2. The van der Waals surface area contributed by atoms with Gasteiger partial charge in [0.1, 0.15) is 6.10 Å². The van der Waals surface area contributed by atoms with Crippen molar-refractivity contribution in [3.8, 4) is 6.01 Å². The molecule has 1 aromatic rings. The highest BCUT2D eigenvalue weighted by atomic mass is 16.5. The van der Waals surface area contributed by atoms with Gasteiger partial charge in [-0.1, -0.05) is 0 Å². The minimum absolute atomic E-state index is 0.0727. The van der Waals surface area contributed by atoms with Gasteiger partial charge in [-0.15, -0.1) is 0 Å². The number of nitrogens with zero attached hydrogens (tertiary/aromatic N) is 4. The average molecular weight is 364 g/mol. The van der Waals surface area contributed by atoms with Crippen LogP contribution in [0.2, 0.25) is 0 Å². The Balaban J connectivity index is 1.49. The number of carbonyl (C=O) groups excluding carboxylic acids is 1. The molecule has 26 heavy (non-hydrogen) atoms. The maximum atomic E-state index is 12.7. The number of hydrogen-bond acceptors (Lipinski definition) is 7. The van der Waals surface area contributed by atoms with E-state index < -0.39 is 5.60 Å². The molecule has 2 aliphatic heterocycles. The van der Waals surface area contributed by atoms with Gasteiger partial charge in [0.25, 0.3) is 5.91 Å². The molecule has 1 N–H and O–H groups in total. The van der Waals surface area contributed by atoms with Crippen molar-refractivity contribution in [2.24, 2.45) is 0 Å². The van der Waals surface area contributed by atoms with E-state index in [-0.39, 0.29) is 12.0 Å². The second-order valence-corrected chi connectivity index (χ2v) is 7.04. The van der Waals surface area contributed by atoms with Crippen molar-refractivity contribution in [2.45, 2.75) is 37.4 Å². The van der Waals surface area contributed by atoms with E-state index >= 15 is 0 Å². The van der Waals surface area contributed by atoms with E-state index in [1.165, 1.54) is 0 Å². The Bertz CT molecular complexity index is 580. The van der Waals surface area contributed by atoms with Crippen molar-refractivity contribution in [1.29, 1.82) is 0 Å². The number of aromatic nitrogens is 2. The lowest BCUT2D eigenvalue weighted by molar-refractivity contribution is -0.160. The summed E-state index contributed by atoms with van der Waals surface area (Å²) in [5.74, 6) is -0.170. The first-order chi connectivity index (χ1) is 12.6. The molecule has 144 valence electrons. The molecular formula is C18H28N4O4. The molecular weight excluding hydrogens is 336 g/mol. The van der Waals surface area contributed by atoms with E-state index in [0.717, 1.165) is 32.4 Å². The number of carbonyl (C=O) groups is 1. The second-order valence-electron chi connectivity index (χ2n) is 7.04. The first-order valence-electron chi connectivity index (χ1n) is 9.27. The van der Waals surface area contributed by atoms with Gasteiger partial charge in [0.15, 0.2) is 5.60 Å². The highest BCUT2D eigenvalue weighted by Gasteiger charge is 2.43. The maximum absolute atomic E-state index is 12.7. The smallest absolute Gasteiger partial charge is 0.316 e. The number of β-amino-alcohol motifs (C(OH)–C–C–N with tert-alkyl or cyclic N) is 1. The SMILES string of the molecule is COCCN1CCCC(O)(CN2CCC(Oc3ncccn3)CC2)C1=O. The Morgan fingerprint density at radius 1 is 1.27 bits per heavy atom. The molecule has 1 amide bonds. The third-order valence-electron chi connectivity index (χ3n) is 5.10. The molecule has 1 atom stereocenters. The van der Waals surface area contributed by atoms with Crippen LogP contribution in [-0.4, -0.2) is 88.9 Å². The van der Waals surface area contributed by atoms with Crippen LogP contribution in [0.1, 0.15) is 25.7 Å². The minimum Gasteiger partial charge on any atom is -0.460 e. The summed E-state index contributed by atoms with van der Waals surface area (Å²) in [7, 11) is 1.62. The van der Waals surface area contributed by atoms with E-state index in [1.807, 2.05) is 0 Å². The van der Waals surface area contributed by atoms with E-state index in [1.54, 1.807) is 30.5 Å². The van der Waals surface area contributed by atoms with Gasteiger partial charge in [0.2, 0.25) is 0 Å². The minimum atomic E-state index is -1.29. The highest BCUT2D eigenvalue weighted by Crippen LogP contribution is 2.26. The van der Waals surface area contributed by atoms with Crippen LogP contribution in [0.3, 0.4) is 0 Å². The maximum Gasteiger partial charge on any atom is 0.316 e. The van der Waals surface area contributed by atoms with Gasteiger partial charge in [-0.2, -0.15) is 0 Å². The molecule has 2 aliphatic rings.